The van der Waals surface area contributed by atoms with Crippen molar-refractivity contribution in [3.8, 4) is 0 Å². The monoisotopic (exact) mass is 448 g/mol. The number of benzene rings is 3. The second-order valence-electron chi connectivity index (χ2n) is 7.43. The largest absolute Gasteiger partial charge is 0.342 e. The predicted molar refractivity (Wildman–Crippen MR) is 117 cm³/mol. The summed E-state index contributed by atoms with van der Waals surface area (Å²) in [6.45, 7) is 1.11. The van der Waals surface area contributed by atoms with Gasteiger partial charge in [0.1, 0.15) is 0 Å². The minimum atomic E-state index is -0.829. The van der Waals surface area contributed by atoms with E-state index in [0.717, 1.165) is 16.5 Å². The van der Waals surface area contributed by atoms with E-state index in [4.69, 9.17) is 9.47 Å². The highest BCUT2D eigenvalue weighted by atomic mass is 79.9. The van der Waals surface area contributed by atoms with Gasteiger partial charge in [-0.15, -0.1) is 0 Å². The standard InChI is InChI=1S/C24H21BrN2O2/c25-22-9-5-18(6-10-22)13-23-15-28-24(29-23,16-27-12-11-26-17-27)21-8-7-19-3-1-2-4-20(19)14-21/h1-12,14,17,23H,13,15-16H2. The minimum Gasteiger partial charge on any atom is -0.342 e. The second kappa shape index (κ2) is 7.75. The van der Waals surface area contributed by atoms with Crippen LogP contribution >= 0.6 is 15.9 Å². The number of fused-ring (bicyclic) bond motifs is 1. The molecule has 4 nitrogen and oxygen atoms in total. The highest BCUT2D eigenvalue weighted by Gasteiger charge is 2.43. The molecule has 5 heteroatoms. The van der Waals surface area contributed by atoms with Crippen LogP contribution in [0.4, 0.5) is 0 Å². The molecule has 1 aliphatic heterocycles. The third-order valence-corrected chi connectivity index (χ3v) is 5.90. The van der Waals surface area contributed by atoms with Crippen LogP contribution in [0.3, 0.4) is 0 Å². The van der Waals surface area contributed by atoms with E-state index in [1.54, 1.807) is 12.5 Å². The van der Waals surface area contributed by atoms with Gasteiger partial charge in [-0.2, -0.15) is 0 Å². The summed E-state index contributed by atoms with van der Waals surface area (Å²) in [5, 5.41) is 2.39. The topological polar surface area (TPSA) is 36.3 Å². The van der Waals surface area contributed by atoms with Gasteiger partial charge in [0.2, 0.25) is 5.79 Å². The van der Waals surface area contributed by atoms with Crippen molar-refractivity contribution in [3.05, 3.63) is 101 Å². The average Bonchev–Trinajstić information content (AvgIpc) is 3.40. The van der Waals surface area contributed by atoms with E-state index in [2.05, 4.69) is 87.6 Å². The van der Waals surface area contributed by atoms with Crippen LogP contribution in [-0.2, 0) is 28.2 Å². The van der Waals surface area contributed by atoms with Crippen LogP contribution in [0.15, 0.2) is 89.9 Å². The van der Waals surface area contributed by atoms with Gasteiger partial charge < -0.3 is 14.0 Å². The zero-order valence-electron chi connectivity index (χ0n) is 15.9. The molecule has 0 spiro atoms. The molecule has 0 saturated carbocycles. The van der Waals surface area contributed by atoms with Gasteiger partial charge in [-0.05, 0) is 34.5 Å². The van der Waals surface area contributed by atoms with E-state index in [1.165, 1.54) is 16.3 Å². The lowest BCUT2D eigenvalue weighted by atomic mass is 10.0. The van der Waals surface area contributed by atoms with Crippen LogP contribution in [0, 0.1) is 0 Å². The molecule has 1 aromatic heterocycles. The van der Waals surface area contributed by atoms with Crippen molar-refractivity contribution < 1.29 is 9.47 Å². The third kappa shape index (κ3) is 3.86. The number of nitrogens with zero attached hydrogens (tertiary/aromatic N) is 2. The Hall–Kier alpha value is -2.47. The van der Waals surface area contributed by atoms with E-state index >= 15 is 0 Å². The molecule has 3 aromatic carbocycles. The van der Waals surface area contributed by atoms with E-state index in [-0.39, 0.29) is 6.10 Å². The van der Waals surface area contributed by atoms with Crippen molar-refractivity contribution in [1.82, 2.24) is 9.55 Å². The molecule has 1 fully saturated rings. The molecule has 2 unspecified atom stereocenters. The highest BCUT2D eigenvalue weighted by molar-refractivity contribution is 9.10. The Balaban J connectivity index is 1.47. The molecule has 2 heterocycles. The fraction of sp³-hybridized carbons (Fsp3) is 0.208. The Labute approximate surface area is 178 Å². The zero-order chi connectivity index (χ0) is 19.7. The Kier molecular flexibility index (Phi) is 4.96. The lowest BCUT2D eigenvalue weighted by molar-refractivity contribution is -0.186. The van der Waals surface area contributed by atoms with Gasteiger partial charge >= 0.3 is 0 Å². The van der Waals surface area contributed by atoms with Crippen molar-refractivity contribution >= 4 is 26.7 Å². The minimum absolute atomic E-state index is 0.00818. The Bertz CT molecular complexity index is 1110. The van der Waals surface area contributed by atoms with Gasteiger partial charge in [0, 0.05) is 28.9 Å². The molecule has 2 atom stereocenters. The van der Waals surface area contributed by atoms with Crippen molar-refractivity contribution in [1.29, 1.82) is 0 Å². The van der Waals surface area contributed by atoms with Gasteiger partial charge in [0.15, 0.2) is 0 Å². The van der Waals surface area contributed by atoms with E-state index in [1.807, 2.05) is 10.8 Å². The van der Waals surface area contributed by atoms with Gasteiger partial charge in [0.25, 0.3) is 0 Å². The summed E-state index contributed by atoms with van der Waals surface area (Å²) in [5.41, 5.74) is 2.27. The summed E-state index contributed by atoms with van der Waals surface area (Å²) < 4.78 is 16.1. The fourth-order valence-corrected chi connectivity index (χ4v) is 4.19. The molecule has 29 heavy (non-hydrogen) atoms. The molecule has 4 aromatic rings. The zero-order valence-corrected chi connectivity index (χ0v) is 17.5. The maximum atomic E-state index is 6.61. The van der Waals surface area contributed by atoms with Crippen LogP contribution in [0.5, 0.6) is 0 Å². The first-order valence-electron chi connectivity index (χ1n) is 9.71. The number of ether oxygens (including phenoxy) is 2. The summed E-state index contributed by atoms with van der Waals surface area (Å²) in [5.74, 6) is -0.829. The number of hydrogen-bond acceptors (Lipinski definition) is 3. The number of hydrogen-bond donors (Lipinski definition) is 0. The Morgan fingerprint density at radius 2 is 1.86 bits per heavy atom. The maximum absolute atomic E-state index is 6.61. The van der Waals surface area contributed by atoms with Gasteiger partial charge in [-0.1, -0.05) is 64.5 Å². The lowest BCUT2D eigenvalue weighted by Gasteiger charge is -2.29. The molecule has 0 N–H and O–H groups in total. The molecule has 1 aliphatic rings. The van der Waals surface area contributed by atoms with Crippen LogP contribution in [-0.4, -0.2) is 22.3 Å². The van der Waals surface area contributed by atoms with Crippen LogP contribution in [0.25, 0.3) is 10.8 Å². The second-order valence-corrected chi connectivity index (χ2v) is 8.35. The first-order valence-corrected chi connectivity index (χ1v) is 10.5. The maximum Gasteiger partial charge on any atom is 0.213 e. The molecular formula is C24H21BrN2O2. The van der Waals surface area contributed by atoms with E-state index in [9.17, 15) is 0 Å². The number of imidazole rings is 1. The van der Waals surface area contributed by atoms with Crippen molar-refractivity contribution in [2.24, 2.45) is 0 Å². The fourth-order valence-electron chi connectivity index (χ4n) is 3.92. The summed E-state index contributed by atoms with van der Waals surface area (Å²) in [6, 6.07) is 23.2. The van der Waals surface area contributed by atoms with Crippen molar-refractivity contribution in [3.63, 3.8) is 0 Å². The van der Waals surface area contributed by atoms with Gasteiger partial charge in [0.05, 0.1) is 25.6 Å². The quantitative estimate of drug-likeness (QED) is 0.415. The van der Waals surface area contributed by atoms with Gasteiger partial charge in [-0.3, -0.25) is 0 Å². The molecule has 0 radical (unpaired) electrons. The first kappa shape index (κ1) is 18.6. The van der Waals surface area contributed by atoms with Crippen molar-refractivity contribution in [2.75, 3.05) is 6.61 Å². The van der Waals surface area contributed by atoms with Crippen LogP contribution in [0.1, 0.15) is 11.1 Å². The first-order chi connectivity index (χ1) is 14.2. The molecule has 0 aliphatic carbocycles. The molecule has 1 saturated heterocycles. The van der Waals surface area contributed by atoms with E-state index < -0.39 is 5.79 Å². The predicted octanol–water partition coefficient (Wildman–Crippen LogP) is 5.31. The summed E-state index contributed by atoms with van der Waals surface area (Å²) in [4.78, 5) is 4.18. The number of halogens is 1. The Morgan fingerprint density at radius 3 is 2.66 bits per heavy atom. The van der Waals surface area contributed by atoms with E-state index in [0.29, 0.717) is 13.2 Å². The normalized spacial score (nSPS) is 21.6. The molecular weight excluding hydrogens is 428 g/mol. The van der Waals surface area contributed by atoms with Crippen LogP contribution in [0.2, 0.25) is 0 Å². The molecule has 146 valence electrons. The summed E-state index contributed by atoms with van der Waals surface area (Å²) in [7, 11) is 0. The summed E-state index contributed by atoms with van der Waals surface area (Å²) in [6.07, 6.45) is 6.33. The average molecular weight is 449 g/mol. The highest BCUT2D eigenvalue weighted by Crippen LogP contribution is 2.38. The third-order valence-electron chi connectivity index (χ3n) is 5.38. The lowest BCUT2D eigenvalue weighted by Crippen LogP contribution is -2.33. The molecule has 5 rings (SSSR count). The smallest absolute Gasteiger partial charge is 0.213 e. The summed E-state index contributed by atoms with van der Waals surface area (Å²) >= 11 is 3.50. The molecule has 0 amide bonds. The van der Waals surface area contributed by atoms with Crippen molar-refractivity contribution in [2.45, 2.75) is 24.9 Å². The number of aromatic nitrogens is 2. The molecule has 0 bridgehead atoms. The Morgan fingerprint density at radius 1 is 1.03 bits per heavy atom. The van der Waals surface area contributed by atoms with Gasteiger partial charge in [-0.25, -0.2) is 4.98 Å². The van der Waals surface area contributed by atoms with Crippen LogP contribution < -0.4 is 0 Å². The SMILES string of the molecule is Brc1ccc(CC2COC(Cn3ccnc3)(c3ccc4ccccc4c3)O2)cc1. The number of rotatable bonds is 5.